The smallest absolute Gasteiger partial charge is 0.175 e. The van der Waals surface area contributed by atoms with E-state index in [0.717, 1.165) is 25.2 Å². The summed E-state index contributed by atoms with van der Waals surface area (Å²) < 4.78 is 29.6. The first-order valence-electron chi connectivity index (χ1n) is 10.4. The standard InChI is InChI=1S/C23H28N4O3S/c1-16-12-27(13-17(2)30-16)14-19-6-4-18(5-7-19)11-24-23-21-10-20(31(3,28)29)8-9-22(21)25-15-26-23/h4-10,15-17H,11-14H2,1-3H3,(H,24,25,26). The van der Waals surface area contributed by atoms with Gasteiger partial charge in [-0.2, -0.15) is 0 Å². The van der Waals surface area contributed by atoms with Crippen LogP contribution in [0.25, 0.3) is 10.9 Å². The van der Waals surface area contributed by atoms with Gasteiger partial charge in [-0.1, -0.05) is 24.3 Å². The molecule has 3 aromatic rings. The van der Waals surface area contributed by atoms with Crippen LogP contribution in [0.3, 0.4) is 0 Å². The summed E-state index contributed by atoms with van der Waals surface area (Å²) in [5, 5.41) is 4.01. The maximum absolute atomic E-state index is 11.9. The van der Waals surface area contributed by atoms with Crippen LogP contribution in [-0.4, -0.2) is 54.8 Å². The van der Waals surface area contributed by atoms with E-state index < -0.39 is 9.84 Å². The number of ether oxygens (including phenoxy) is 1. The predicted molar refractivity (Wildman–Crippen MR) is 122 cm³/mol. The van der Waals surface area contributed by atoms with E-state index in [1.807, 2.05) is 0 Å². The molecule has 2 aromatic carbocycles. The molecule has 0 spiro atoms. The summed E-state index contributed by atoms with van der Waals surface area (Å²) in [5.41, 5.74) is 3.10. The van der Waals surface area contributed by atoms with Crippen molar-refractivity contribution < 1.29 is 13.2 Å². The molecule has 7 nitrogen and oxygen atoms in total. The lowest BCUT2D eigenvalue weighted by Gasteiger charge is -2.35. The molecule has 0 saturated carbocycles. The minimum atomic E-state index is -3.30. The second-order valence-corrected chi connectivity index (χ2v) is 10.3. The zero-order valence-electron chi connectivity index (χ0n) is 18.1. The molecule has 1 aromatic heterocycles. The molecule has 8 heteroatoms. The molecule has 164 valence electrons. The third-order valence-corrected chi connectivity index (χ3v) is 6.53. The molecule has 0 bridgehead atoms. The minimum Gasteiger partial charge on any atom is -0.373 e. The molecule has 2 heterocycles. The fourth-order valence-electron chi connectivity index (χ4n) is 4.03. The normalized spacial score (nSPS) is 20.1. The van der Waals surface area contributed by atoms with Gasteiger partial charge in [0, 0.05) is 37.8 Å². The average Bonchev–Trinajstić information content (AvgIpc) is 2.71. The van der Waals surface area contributed by atoms with Crippen molar-refractivity contribution in [2.45, 2.75) is 44.0 Å². The predicted octanol–water partition coefficient (Wildman–Crippen LogP) is 3.25. The van der Waals surface area contributed by atoms with Crippen molar-refractivity contribution >= 4 is 26.6 Å². The molecule has 0 aliphatic carbocycles. The number of sulfone groups is 1. The highest BCUT2D eigenvalue weighted by atomic mass is 32.2. The molecule has 0 amide bonds. The van der Waals surface area contributed by atoms with E-state index in [0.29, 0.717) is 23.3 Å². The largest absolute Gasteiger partial charge is 0.373 e. The topological polar surface area (TPSA) is 84.4 Å². The van der Waals surface area contributed by atoms with E-state index in [4.69, 9.17) is 4.74 Å². The Hall–Kier alpha value is -2.55. The van der Waals surface area contributed by atoms with E-state index in [1.54, 1.807) is 18.2 Å². The van der Waals surface area contributed by atoms with Crippen LogP contribution in [0.4, 0.5) is 5.82 Å². The number of hydrogen-bond acceptors (Lipinski definition) is 7. The molecule has 4 rings (SSSR count). The zero-order valence-corrected chi connectivity index (χ0v) is 18.9. The highest BCUT2D eigenvalue weighted by molar-refractivity contribution is 7.90. The SMILES string of the molecule is CC1CN(Cc2ccc(CNc3ncnc4ccc(S(C)(=O)=O)cc34)cc2)CC(C)O1. The van der Waals surface area contributed by atoms with Crippen LogP contribution in [0, 0.1) is 0 Å². The molecular weight excluding hydrogens is 412 g/mol. The van der Waals surface area contributed by atoms with E-state index in [2.05, 4.69) is 58.3 Å². The van der Waals surface area contributed by atoms with Gasteiger partial charge in [-0.05, 0) is 43.2 Å². The van der Waals surface area contributed by atoms with Gasteiger partial charge >= 0.3 is 0 Å². The molecule has 1 N–H and O–H groups in total. The van der Waals surface area contributed by atoms with Crippen molar-refractivity contribution in [3.8, 4) is 0 Å². The van der Waals surface area contributed by atoms with E-state index in [-0.39, 0.29) is 17.1 Å². The van der Waals surface area contributed by atoms with Gasteiger partial charge in [0.1, 0.15) is 12.1 Å². The Morgan fingerprint density at radius 2 is 1.71 bits per heavy atom. The third kappa shape index (κ3) is 5.39. The molecule has 1 fully saturated rings. The lowest BCUT2D eigenvalue weighted by molar-refractivity contribution is -0.0704. The summed E-state index contributed by atoms with van der Waals surface area (Å²) in [6.45, 7) is 7.63. The van der Waals surface area contributed by atoms with Gasteiger partial charge in [0.25, 0.3) is 0 Å². The number of morpholine rings is 1. The summed E-state index contributed by atoms with van der Waals surface area (Å²) in [4.78, 5) is 11.2. The highest BCUT2D eigenvalue weighted by Crippen LogP contribution is 2.23. The number of aromatic nitrogens is 2. The Morgan fingerprint density at radius 1 is 1.03 bits per heavy atom. The van der Waals surface area contributed by atoms with Crippen molar-refractivity contribution in [1.29, 1.82) is 0 Å². The fourth-order valence-corrected chi connectivity index (χ4v) is 4.67. The Kier molecular flexibility index (Phi) is 6.22. The number of anilines is 1. The number of benzene rings is 2. The molecule has 31 heavy (non-hydrogen) atoms. The monoisotopic (exact) mass is 440 g/mol. The summed E-state index contributed by atoms with van der Waals surface area (Å²) in [6.07, 6.45) is 3.21. The fraction of sp³-hybridized carbons (Fsp3) is 0.391. The van der Waals surface area contributed by atoms with E-state index in [1.165, 1.54) is 18.1 Å². The lowest BCUT2D eigenvalue weighted by Crippen LogP contribution is -2.44. The first-order chi connectivity index (χ1) is 14.8. The zero-order chi connectivity index (χ0) is 22.0. The highest BCUT2D eigenvalue weighted by Gasteiger charge is 2.22. The maximum atomic E-state index is 11.9. The van der Waals surface area contributed by atoms with Crippen LogP contribution in [0.2, 0.25) is 0 Å². The van der Waals surface area contributed by atoms with Crippen molar-refractivity contribution in [3.05, 3.63) is 59.9 Å². The van der Waals surface area contributed by atoms with Gasteiger partial charge < -0.3 is 10.1 Å². The van der Waals surface area contributed by atoms with Crippen LogP contribution in [0.15, 0.2) is 53.7 Å². The number of fused-ring (bicyclic) bond motifs is 1. The van der Waals surface area contributed by atoms with Crippen molar-refractivity contribution in [2.24, 2.45) is 0 Å². The summed E-state index contributed by atoms with van der Waals surface area (Å²) >= 11 is 0. The summed E-state index contributed by atoms with van der Waals surface area (Å²) in [7, 11) is -3.30. The average molecular weight is 441 g/mol. The van der Waals surface area contributed by atoms with Crippen molar-refractivity contribution in [1.82, 2.24) is 14.9 Å². The van der Waals surface area contributed by atoms with E-state index in [9.17, 15) is 8.42 Å². The van der Waals surface area contributed by atoms with Crippen LogP contribution >= 0.6 is 0 Å². The molecule has 1 aliphatic rings. The van der Waals surface area contributed by atoms with Gasteiger partial charge in [-0.25, -0.2) is 18.4 Å². The molecule has 0 radical (unpaired) electrons. The summed E-state index contributed by atoms with van der Waals surface area (Å²) in [5.74, 6) is 0.621. The minimum absolute atomic E-state index is 0.258. The van der Waals surface area contributed by atoms with Gasteiger partial charge in [-0.15, -0.1) is 0 Å². The van der Waals surface area contributed by atoms with Gasteiger partial charge in [0.15, 0.2) is 9.84 Å². The Morgan fingerprint density at radius 3 is 2.39 bits per heavy atom. The van der Waals surface area contributed by atoms with Crippen LogP contribution < -0.4 is 5.32 Å². The van der Waals surface area contributed by atoms with Crippen LogP contribution in [-0.2, 0) is 27.7 Å². The number of hydrogen-bond donors (Lipinski definition) is 1. The van der Waals surface area contributed by atoms with Crippen LogP contribution in [0.1, 0.15) is 25.0 Å². The number of nitrogens with zero attached hydrogens (tertiary/aromatic N) is 3. The van der Waals surface area contributed by atoms with Crippen molar-refractivity contribution in [3.63, 3.8) is 0 Å². The lowest BCUT2D eigenvalue weighted by atomic mass is 10.1. The molecule has 1 saturated heterocycles. The number of rotatable bonds is 6. The molecule has 2 atom stereocenters. The third-order valence-electron chi connectivity index (χ3n) is 5.42. The first kappa shape index (κ1) is 21.7. The molecule has 1 aliphatic heterocycles. The second kappa shape index (κ2) is 8.90. The first-order valence-corrected chi connectivity index (χ1v) is 12.3. The van der Waals surface area contributed by atoms with Crippen molar-refractivity contribution in [2.75, 3.05) is 24.7 Å². The van der Waals surface area contributed by atoms with Gasteiger partial charge in [0.05, 0.1) is 22.6 Å². The number of nitrogens with one attached hydrogen (secondary N) is 1. The van der Waals surface area contributed by atoms with E-state index >= 15 is 0 Å². The second-order valence-electron chi connectivity index (χ2n) is 8.29. The Labute approximate surface area is 183 Å². The summed E-state index contributed by atoms with van der Waals surface area (Å²) in [6, 6.07) is 13.4. The quantitative estimate of drug-likeness (QED) is 0.630. The molecule has 2 unspecified atom stereocenters. The Balaban J connectivity index is 1.44. The molecular formula is C23H28N4O3S. The maximum Gasteiger partial charge on any atom is 0.175 e. The Bertz CT molecular complexity index is 1160. The van der Waals surface area contributed by atoms with Gasteiger partial charge in [0.2, 0.25) is 0 Å². The van der Waals surface area contributed by atoms with Crippen LogP contribution in [0.5, 0.6) is 0 Å². The van der Waals surface area contributed by atoms with Gasteiger partial charge in [-0.3, -0.25) is 4.90 Å².